The second-order valence-corrected chi connectivity index (χ2v) is 9.80. The first kappa shape index (κ1) is 28.4. The normalized spacial score (nSPS) is 19.3. The minimum Gasteiger partial charge on any atom is -0.507 e. The van der Waals surface area contributed by atoms with Gasteiger partial charge in [0.1, 0.15) is 23.9 Å². The van der Waals surface area contributed by atoms with E-state index < -0.39 is 17.7 Å². The zero-order valence-corrected chi connectivity index (χ0v) is 22.9. The van der Waals surface area contributed by atoms with Gasteiger partial charge in [-0.25, -0.2) is 0 Å². The number of nitrogens with zero attached hydrogens (tertiary/aromatic N) is 2. The number of hydrogen-bond donors (Lipinski definition) is 1. The number of amides is 1. The molecule has 4 rings (SSSR count). The highest BCUT2D eigenvalue weighted by Crippen LogP contribution is 2.40. The zero-order chi connectivity index (χ0) is 27.8. The third-order valence-electron chi connectivity index (χ3n) is 6.99. The molecule has 0 bridgehead atoms. The van der Waals surface area contributed by atoms with Gasteiger partial charge in [0.25, 0.3) is 11.7 Å². The molecule has 0 radical (unpaired) electrons. The van der Waals surface area contributed by atoms with Gasteiger partial charge in [0.2, 0.25) is 0 Å². The minimum absolute atomic E-state index is 0.0905. The molecule has 0 unspecified atom stereocenters. The summed E-state index contributed by atoms with van der Waals surface area (Å²) in [5.74, 6) is -0.0917. The quantitative estimate of drug-likeness (QED) is 0.186. The number of carbonyl (C=O) groups is 2. The van der Waals surface area contributed by atoms with Crippen molar-refractivity contribution < 1.29 is 28.9 Å². The first-order chi connectivity index (χ1) is 18.9. The van der Waals surface area contributed by atoms with Gasteiger partial charge < -0.3 is 24.2 Å². The highest BCUT2D eigenvalue weighted by molar-refractivity contribution is 6.46. The number of hydrogen-bond acceptors (Lipinski definition) is 7. The number of Topliss-reactive ketones (excluding diaryl/α,β-unsaturated/α-hetero) is 1. The number of ether oxygens (including phenoxy) is 3. The number of aliphatic hydroxyl groups excluding tert-OH is 1. The molecule has 1 atom stereocenters. The van der Waals surface area contributed by atoms with Gasteiger partial charge in [-0.05, 0) is 61.2 Å². The van der Waals surface area contributed by atoms with Crippen LogP contribution < -0.4 is 9.47 Å². The first-order valence-corrected chi connectivity index (χ1v) is 13.6. The Morgan fingerprint density at radius 2 is 1.85 bits per heavy atom. The third-order valence-corrected chi connectivity index (χ3v) is 6.99. The van der Waals surface area contributed by atoms with Crippen molar-refractivity contribution in [1.82, 2.24) is 9.80 Å². The summed E-state index contributed by atoms with van der Waals surface area (Å²) < 4.78 is 16.8. The van der Waals surface area contributed by atoms with Gasteiger partial charge in [-0.1, -0.05) is 31.7 Å². The number of likely N-dealkylation sites (tertiary alicyclic amines) is 1. The predicted octanol–water partition coefficient (Wildman–Crippen LogP) is 4.49. The monoisotopic (exact) mass is 534 g/mol. The number of morpholine rings is 1. The van der Waals surface area contributed by atoms with Crippen molar-refractivity contribution in [3.8, 4) is 11.5 Å². The molecule has 2 aromatic rings. The van der Waals surface area contributed by atoms with Crippen LogP contribution in [-0.4, -0.2) is 79.2 Å². The highest BCUT2D eigenvalue weighted by atomic mass is 16.5. The van der Waals surface area contributed by atoms with Gasteiger partial charge >= 0.3 is 0 Å². The second-order valence-electron chi connectivity index (χ2n) is 9.80. The Morgan fingerprint density at radius 3 is 2.51 bits per heavy atom. The summed E-state index contributed by atoms with van der Waals surface area (Å²) in [4.78, 5) is 30.6. The maximum absolute atomic E-state index is 13.4. The van der Waals surface area contributed by atoms with Crippen molar-refractivity contribution in [2.75, 3.05) is 52.6 Å². The number of rotatable bonds is 12. The van der Waals surface area contributed by atoms with E-state index in [1.807, 2.05) is 26.0 Å². The van der Waals surface area contributed by atoms with E-state index in [0.29, 0.717) is 50.7 Å². The van der Waals surface area contributed by atoms with Gasteiger partial charge in [0, 0.05) is 31.7 Å². The van der Waals surface area contributed by atoms with Crippen molar-refractivity contribution in [2.24, 2.45) is 0 Å². The molecule has 2 fully saturated rings. The van der Waals surface area contributed by atoms with E-state index >= 15 is 0 Å². The van der Waals surface area contributed by atoms with E-state index in [1.54, 1.807) is 41.3 Å². The minimum atomic E-state index is -0.709. The van der Waals surface area contributed by atoms with E-state index in [9.17, 15) is 14.7 Å². The van der Waals surface area contributed by atoms with Crippen molar-refractivity contribution in [2.45, 2.75) is 32.7 Å². The fraction of sp³-hybridized carbons (Fsp3) is 0.419. The molecule has 0 spiro atoms. The Morgan fingerprint density at radius 1 is 1.10 bits per heavy atom. The van der Waals surface area contributed by atoms with Gasteiger partial charge in [0.05, 0.1) is 31.4 Å². The van der Waals surface area contributed by atoms with Crippen LogP contribution in [0, 0.1) is 6.92 Å². The van der Waals surface area contributed by atoms with Crippen LogP contribution in [0.3, 0.4) is 0 Å². The molecule has 2 saturated heterocycles. The van der Waals surface area contributed by atoms with Crippen LogP contribution in [0.1, 0.15) is 42.5 Å². The van der Waals surface area contributed by atoms with E-state index in [2.05, 4.69) is 11.5 Å². The van der Waals surface area contributed by atoms with Gasteiger partial charge in [-0.3, -0.25) is 14.5 Å². The molecule has 1 amide bonds. The number of aliphatic hydroxyl groups is 1. The lowest BCUT2D eigenvalue weighted by Crippen LogP contribution is -2.38. The molecule has 8 heteroatoms. The Balaban J connectivity index is 1.66. The fourth-order valence-electron chi connectivity index (χ4n) is 4.97. The van der Waals surface area contributed by atoms with Gasteiger partial charge in [-0.2, -0.15) is 0 Å². The molecule has 0 saturated carbocycles. The molecule has 208 valence electrons. The van der Waals surface area contributed by atoms with E-state index in [4.69, 9.17) is 14.2 Å². The molecular formula is C31H38N2O6. The molecule has 2 heterocycles. The van der Waals surface area contributed by atoms with E-state index in [0.717, 1.165) is 42.9 Å². The van der Waals surface area contributed by atoms with Crippen LogP contribution in [0.2, 0.25) is 0 Å². The standard InChI is InChI=1S/C31H38N2O6/c1-4-17-38-25-10-7-23(8-11-25)28-27(29(34)24-9-12-26(22(3)21-24)39-18-5-2)30(35)31(36)33(28)14-6-13-32-15-19-37-20-16-32/h4,7-12,21,28,34H,1,5-6,13-20H2,2-3H3/t28-/m0/s1. The van der Waals surface area contributed by atoms with Crippen molar-refractivity contribution in [1.29, 1.82) is 0 Å². The van der Waals surface area contributed by atoms with Crippen LogP contribution >= 0.6 is 0 Å². The van der Waals surface area contributed by atoms with Crippen LogP contribution in [0.5, 0.6) is 11.5 Å². The number of benzene rings is 2. The van der Waals surface area contributed by atoms with Crippen molar-refractivity contribution in [3.63, 3.8) is 0 Å². The summed E-state index contributed by atoms with van der Waals surface area (Å²) in [7, 11) is 0. The molecule has 2 aliphatic heterocycles. The Hall–Kier alpha value is -3.62. The highest BCUT2D eigenvalue weighted by Gasteiger charge is 2.45. The topological polar surface area (TPSA) is 88.5 Å². The summed E-state index contributed by atoms with van der Waals surface area (Å²) in [6.07, 6.45) is 3.25. The summed E-state index contributed by atoms with van der Waals surface area (Å²) in [5.41, 5.74) is 2.13. The zero-order valence-electron chi connectivity index (χ0n) is 22.9. The summed E-state index contributed by atoms with van der Waals surface area (Å²) >= 11 is 0. The number of aryl methyl sites for hydroxylation is 1. The molecule has 2 aromatic carbocycles. The predicted molar refractivity (Wildman–Crippen MR) is 150 cm³/mol. The van der Waals surface area contributed by atoms with Crippen molar-refractivity contribution >= 4 is 17.4 Å². The Labute approximate surface area is 230 Å². The Bertz CT molecular complexity index is 1200. The number of ketones is 1. The first-order valence-electron chi connectivity index (χ1n) is 13.6. The maximum atomic E-state index is 13.4. The summed E-state index contributed by atoms with van der Waals surface area (Å²) in [6, 6.07) is 11.9. The largest absolute Gasteiger partial charge is 0.507 e. The van der Waals surface area contributed by atoms with Gasteiger partial charge in [0.15, 0.2) is 0 Å². The van der Waals surface area contributed by atoms with Crippen molar-refractivity contribution in [3.05, 3.63) is 77.4 Å². The average molecular weight is 535 g/mol. The summed E-state index contributed by atoms with van der Waals surface area (Å²) in [5, 5.41) is 11.4. The lowest BCUT2D eigenvalue weighted by molar-refractivity contribution is -0.140. The molecule has 1 N–H and O–H groups in total. The van der Waals surface area contributed by atoms with Crippen LogP contribution in [0.4, 0.5) is 0 Å². The SMILES string of the molecule is C=CCOc1ccc([C@H]2C(=C(O)c3ccc(OCCC)c(C)c3)C(=O)C(=O)N2CCCN2CCOCC2)cc1. The second kappa shape index (κ2) is 13.4. The van der Waals surface area contributed by atoms with Crippen LogP contribution in [0.15, 0.2) is 60.7 Å². The third kappa shape index (κ3) is 6.69. The van der Waals surface area contributed by atoms with Gasteiger partial charge in [-0.15, -0.1) is 0 Å². The maximum Gasteiger partial charge on any atom is 0.295 e. The molecule has 0 aromatic heterocycles. The molecular weight excluding hydrogens is 496 g/mol. The molecule has 2 aliphatic rings. The molecule has 0 aliphatic carbocycles. The molecule has 8 nitrogen and oxygen atoms in total. The lowest BCUT2D eigenvalue weighted by Gasteiger charge is -2.29. The van der Waals surface area contributed by atoms with E-state index in [1.165, 1.54) is 0 Å². The smallest absolute Gasteiger partial charge is 0.295 e. The van der Waals surface area contributed by atoms with E-state index in [-0.39, 0.29) is 11.3 Å². The van der Waals surface area contributed by atoms with Crippen LogP contribution in [-0.2, 0) is 14.3 Å². The van der Waals surface area contributed by atoms with Crippen LogP contribution in [0.25, 0.3) is 5.76 Å². The molecule has 39 heavy (non-hydrogen) atoms. The number of carbonyl (C=O) groups excluding carboxylic acids is 2. The average Bonchev–Trinajstić information content (AvgIpc) is 3.21. The Kier molecular flexibility index (Phi) is 9.79. The summed E-state index contributed by atoms with van der Waals surface area (Å²) in [6.45, 7) is 12.9. The lowest BCUT2D eigenvalue weighted by atomic mass is 9.94. The fourth-order valence-corrected chi connectivity index (χ4v) is 4.97.